The third-order valence-corrected chi connectivity index (χ3v) is 6.96. The van der Waals surface area contributed by atoms with Gasteiger partial charge in [0.05, 0.1) is 3.79 Å². The lowest BCUT2D eigenvalue weighted by atomic mass is 10.00. The number of hydrogen-bond donors (Lipinski definition) is 1. The molecule has 1 aliphatic heterocycles. The minimum atomic E-state index is -3.33. The Morgan fingerprint density at radius 3 is 2.53 bits per heavy atom. The Bertz CT molecular complexity index is 477. The van der Waals surface area contributed by atoms with Crippen LogP contribution in [0.4, 0.5) is 0 Å². The van der Waals surface area contributed by atoms with Crippen molar-refractivity contribution in [2.45, 2.75) is 17.1 Å². The molecule has 96 valence electrons. The standard InChI is InChI=1S/C10H14BrNO3S2/c11-9-1-2-10(16-9)17(14,15)12-5-3-8(7-13)4-6-12/h1-2,8,13H,3-7H2. The zero-order valence-electron chi connectivity index (χ0n) is 9.17. The number of rotatable bonds is 3. The fourth-order valence-corrected chi connectivity index (χ4v) is 5.53. The maximum absolute atomic E-state index is 12.2. The molecule has 1 aromatic heterocycles. The van der Waals surface area contributed by atoms with E-state index >= 15 is 0 Å². The van der Waals surface area contributed by atoms with Gasteiger partial charge in [-0.05, 0) is 46.8 Å². The van der Waals surface area contributed by atoms with Crippen LogP contribution in [0.3, 0.4) is 0 Å². The molecule has 2 heterocycles. The average molecular weight is 340 g/mol. The minimum absolute atomic E-state index is 0.151. The summed E-state index contributed by atoms with van der Waals surface area (Å²) < 4.78 is 27.2. The number of thiophene rings is 1. The predicted molar refractivity (Wildman–Crippen MR) is 70.6 cm³/mol. The van der Waals surface area contributed by atoms with Crippen LogP contribution in [0.2, 0.25) is 0 Å². The molecule has 0 atom stereocenters. The fourth-order valence-electron chi connectivity index (χ4n) is 1.90. The van der Waals surface area contributed by atoms with Crippen molar-refractivity contribution in [1.82, 2.24) is 4.31 Å². The van der Waals surface area contributed by atoms with Crippen molar-refractivity contribution in [1.29, 1.82) is 0 Å². The van der Waals surface area contributed by atoms with Crippen molar-refractivity contribution < 1.29 is 13.5 Å². The van der Waals surface area contributed by atoms with Crippen molar-refractivity contribution in [2.24, 2.45) is 5.92 Å². The van der Waals surface area contributed by atoms with E-state index in [9.17, 15) is 8.42 Å². The topological polar surface area (TPSA) is 57.6 Å². The molecule has 0 aromatic carbocycles. The number of sulfonamides is 1. The first-order valence-corrected chi connectivity index (χ1v) is 8.45. The Kier molecular flexibility index (Phi) is 4.25. The third-order valence-electron chi connectivity index (χ3n) is 2.97. The van der Waals surface area contributed by atoms with Gasteiger partial charge in [-0.1, -0.05) is 0 Å². The normalized spacial score (nSPS) is 19.6. The maximum atomic E-state index is 12.2. The number of nitrogens with zero attached hydrogens (tertiary/aromatic N) is 1. The molecular formula is C10H14BrNO3S2. The molecule has 2 rings (SSSR count). The van der Waals surface area contributed by atoms with Gasteiger partial charge < -0.3 is 5.11 Å². The van der Waals surface area contributed by atoms with Gasteiger partial charge in [-0.3, -0.25) is 0 Å². The summed E-state index contributed by atoms with van der Waals surface area (Å²) in [6.07, 6.45) is 1.48. The van der Waals surface area contributed by atoms with Crippen molar-refractivity contribution in [3.8, 4) is 0 Å². The van der Waals surface area contributed by atoms with Crippen molar-refractivity contribution >= 4 is 37.3 Å². The molecule has 0 amide bonds. The average Bonchev–Trinajstić information content (AvgIpc) is 2.77. The number of aliphatic hydroxyl groups excluding tert-OH is 1. The SMILES string of the molecule is O=S(=O)(c1ccc(Br)s1)N1CCC(CO)CC1. The van der Waals surface area contributed by atoms with E-state index in [1.54, 1.807) is 12.1 Å². The smallest absolute Gasteiger partial charge is 0.252 e. The summed E-state index contributed by atoms with van der Waals surface area (Å²) in [5.41, 5.74) is 0. The Hall–Kier alpha value is 0.0500. The van der Waals surface area contributed by atoms with E-state index in [0.717, 1.165) is 16.6 Å². The van der Waals surface area contributed by atoms with Gasteiger partial charge in [0.15, 0.2) is 0 Å². The van der Waals surface area contributed by atoms with Crippen molar-refractivity contribution in [3.63, 3.8) is 0 Å². The zero-order valence-corrected chi connectivity index (χ0v) is 12.4. The molecule has 0 aliphatic carbocycles. The Balaban J connectivity index is 2.12. The molecule has 0 spiro atoms. The second-order valence-corrected chi connectivity index (χ2v) is 8.72. The lowest BCUT2D eigenvalue weighted by molar-refractivity contribution is 0.170. The first-order chi connectivity index (χ1) is 8.04. The van der Waals surface area contributed by atoms with Gasteiger partial charge in [-0.2, -0.15) is 4.31 Å². The van der Waals surface area contributed by atoms with Crippen LogP contribution in [-0.2, 0) is 10.0 Å². The van der Waals surface area contributed by atoms with E-state index < -0.39 is 10.0 Å². The minimum Gasteiger partial charge on any atom is -0.396 e. The molecule has 0 saturated carbocycles. The van der Waals surface area contributed by atoms with Crippen LogP contribution in [0, 0.1) is 5.92 Å². The van der Waals surface area contributed by atoms with Crippen LogP contribution in [0.25, 0.3) is 0 Å². The molecule has 1 saturated heterocycles. The van der Waals surface area contributed by atoms with Crippen LogP contribution in [-0.4, -0.2) is 37.5 Å². The van der Waals surface area contributed by atoms with Gasteiger partial charge in [0.1, 0.15) is 4.21 Å². The summed E-state index contributed by atoms with van der Waals surface area (Å²) in [5, 5.41) is 9.03. The fraction of sp³-hybridized carbons (Fsp3) is 0.600. The van der Waals surface area contributed by atoms with Gasteiger partial charge in [0.2, 0.25) is 0 Å². The van der Waals surface area contributed by atoms with Crippen LogP contribution < -0.4 is 0 Å². The lowest BCUT2D eigenvalue weighted by Gasteiger charge is -2.29. The first-order valence-electron chi connectivity index (χ1n) is 5.40. The molecule has 1 aromatic rings. The Labute approximate surface area is 113 Å². The quantitative estimate of drug-likeness (QED) is 0.914. The molecule has 1 N–H and O–H groups in total. The molecule has 1 aliphatic rings. The van der Waals surface area contributed by atoms with E-state index in [-0.39, 0.29) is 12.5 Å². The summed E-state index contributed by atoms with van der Waals surface area (Å²) in [6, 6.07) is 3.38. The number of hydrogen-bond acceptors (Lipinski definition) is 4. The summed E-state index contributed by atoms with van der Waals surface area (Å²) in [5.74, 6) is 0.247. The highest BCUT2D eigenvalue weighted by atomic mass is 79.9. The third kappa shape index (κ3) is 2.90. The second kappa shape index (κ2) is 5.36. The number of piperidine rings is 1. The van der Waals surface area contributed by atoms with E-state index in [2.05, 4.69) is 15.9 Å². The Morgan fingerprint density at radius 2 is 2.06 bits per heavy atom. The summed E-state index contributed by atoms with van der Waals surface area (Å²) >= 11 is 4.50. The monoisotopic (exact) mass is 339 g/mol. The molecule has 4 nitrogen and oxygen atoms in total. The van der Waals surface area contributed by atoms with Crippen LogP contribution in [0.15, 0.2) is 20.1 Å². The van der Waals surface area contributed by atoms with Crippen LogP contribution in [0.1, 0.15) is 12.8 Å². The number of aliphatic hydroxyl groups is 1. The first kappa shape index (κ1) is 13.5. The molecule has 0 radical (unpaired) electrons. The molecule has 17 heavy (non-hydrogen) atoms. The highest BCUT2D eigenvalue weighted by Gasteiger charge is 2.29. The molecule has 0 unspecified atom stereocenters. The van der Waals surface area contributed by atoms with E-state index in [4.69, 9.17) is 5.11 Å². The summed E-state index contributed by atoms with van der Waals surface area (Å²) in [6.45, 7) is 1.16. The second-order valence-electron chi connectivity index (χ2n) is 4.09. The van der Waals surface area contributed by atoms with Crippen LogP contribution in [0.5, 0.6) is 0 Å². The zero-order chi connectivity index (χ0) is 12.5. The van der Waals surface area contributed by atoms with Gasteiger partial charge in [-0.25, -0.2) is 8.42 Å². The maximum Gasteiger partial charge on any atom is 0.252 e. The van der Waals surface area contributed by atoms with Gasteiger partial charge in [0.25, 0.3) is 10.0 Å². The highest BCUT2D eigenvalue weighted by molar-refractivity contribution is 9.11. The lowest BCUT2D eigenvalue weighted by Crippen LogP contribution is -2.38. The summed E-state index contributed by atoms with van der Waals surface area (Å²) in [7, 11) is -3.33. The predicted octanol–water partition coefficient (Wildman–Crippen LogP) is 1.90. The largest absolute Gasteiger partial charge is 0.396 e. The molecule has 0 bridgehead atoms. The summed E-state index contributed by atoms with van der Waals surface area (Å²) in [4.78, 5) is 0. The van der Waals surface area contributed by atoms with Crippen LogP contribution >= 0.6 is 27.3 Å². The van der Waals surface area contributed by atoms with E-state index in [1.807, 2.05) is 0 Å². The Morgan fingerprint density at radius 1 is 1.41 bits per heavy atom. The molecule has 7 heteroatoms. The molecule has 1 fully saturated rings. The van der Waals surface area contributed by atoms with Gasteiger partial charge in [-0.15, -0.1) is 11.3 Å². The van der Waals surface area contributed by atoms with Gasteiger partial charge in [0, 0.05) is 19.7 Å². The highest BCUT2D eigenvalue weighted by Crippen LogP contribution is 2.30. The van der Waals surface area contributed by atoms with E-state index in [1.165, 1.54) is 15.6 Å². The van der Waals surface area contributed by atoms with E-state index in [0.29, 0.717) is 17.3 Å². The van der Waals surface area contributed by atoms with Crippen molar-refractivity contribution in [3.05, 3.63) is 15.9 Å². The number of halogens is 1. The van der Waals surface area contributed by atoms with Crippen molar-refractivity contribution in [2.75, 3.05) is 19.7 Å². The molecular weight excluding hydrogens is 326 g/mol. The van der Waals surface area contributed by atoms with Gasteiger partial charge >= 0.3 is 0 Å².